The van der Waals surface area contributed by atoms with Crippen LogP contribution in [0.5, 0.6) is 0 Å². The molecule has 0 N–H and O–H groups in total. The van der Waals surface area contributed by atoms with Crippen molar-refractivity contribution in [2.45, 2.75) is 31.2 Å². The van der Waals surface area contributed by atoms with E-state index in [1.165, 1.54) is 12.1 Å². The average molecular weight is 393 g/mol. The van der Waals surface area contributed by atoms with E-state index in [4.69, 9.17) is 4.74 Å². The van der Waals surface area contributed by atoms with Gasteiger partial charge in [-0.2, -0.15) is 18.2 Å². The Morgan fingerprint density at radius 3 is 2.61 bits per heavy atom. The number of amides is 1. The quantitative estimate of drug-likeness (QED) is 0.801. The second kappa shape index (κ2) is 6.04. The van der Waals surface area contributed by atoms with E-state index in [0.717, 1.165) is 19.4 Å². The van der Waals surface area contributed by atoms with E-state index in [1.54, 1.807) is 19.2 Å². The Balaban J connectivity index is 1.36. The predicted octanol–water partition coefficient (Wildman–Crippen LogP) is 3.25. The Kier molecular flexibility index (Phi) is 3.81. The molecule has 5 atom stereocenters. The molecule has 1 amide bonds. The van der Waals surface area contributed by atoms with Gasteiger partial charge in [0.2, 0.25) is 5.82 Å². The van der Waals surface area contributed by atoms with E-state index in [-0.39, 0.29) is 23.9 Å². The van der Waals surface area contributed by atoms with Crippen LogP contribution >= 0.6 is 0 Å². The minimum Gasteiger partial charge on any atom is -0.379 e. The molecule has 1 aromatic heterocycles. The zero-order chi connectivity index (χ0) is 19.6. The lowest BCUT2D eigenvalue weighted by Crippen LogP contribution is -2.44. The van der Waals surface area contributed by atoms with Crippen LogP contribution in [-0.2, 0) is 10.9 Å². The second-order valence-corrected chi connectivity index (χ2v) is 7.80. The molecule has 3 aliphatic rings. The molecule has 2 saturated carbocycles. The molecule has 6 nitrogen and oxygen atoms in total. The highest BCUT2D eigenvalue weighted by Gasteiger charge is 2.60. The first-order valence-electron chi connectivity index (χ1n) is 9.22. The van der Waals surface area contributed by atoms with Crippen molar-refractivity contribution >= 4 is 5.91 Å². The van der Waals surface area contributed by atoms with Crippen LogP contribution in [-0.4, -0.2) is 46.7 Å². The highest BCUT2D eigenvalue weighted by Crippen LogP contribution is 2.56. The van der Waals surface area contributed by atoms with Gasteiger partial charge in [0.1, 0.15) is 0 Å². The van der Waals surface area contributed by atoms with Crippen LogP contribution in [0, 0.1) is 17.8 Å². The molecule has 1 saturated heterocycles. The summed E-state index contributed by atoms with van der Waals surface area (Å²) in [7, 11) is 1.70. The fraction of sp³-hybridized carbons (Fsp3) is 0.526. The molecule has 28 heavy (non-hydrogen) atoms. The van der Waals surface area contributed by atoms with Crippen LogP contribution in [0.2, 0.25) is 0 Å². The van der Waals surface area contributed by atoms with E-state index in [9.17, 15) is 18.0 Å². The van der Waals surface area contributed by atoms with Gasteiger partial charge in [-0.25, -0.2) is 0 Å². The zero-order valence-corrected chi connectivity index (χ0v) is 15.0. The maximum absolute atomic E-state index is 13.1. The predicted molar refractivity (Wildman–Crippen MR) is 90.1 cm³/mol. The molecule has 2 aliphatic carbocycles. The van der Waals surface area contributed by atoms with E-state index in [0.29, 0.717) is 28.9 Å². The molecule has 5 unspecified atom stereocenters. The highest BCUT2D eigenvalue weighted by atomic mass is 19.4. The number of aromatic nitrogens is 2. The van der Waals surface area contributed by atoms with Gasteiger partial charge in [0, 0.05) is 24.8 Å². The number of likely N-dealkylation sites (tertiary alicyclic amines) is 1. The lowest BCUT2D eigenvalue weighted by Gasteiger charge is -2.31. The summed E-state index contributed by atoms with van der Waals surface area (Å²) in [5, 5.41) is 3.37. The molecule has 9 heteroatoms. The molecule has 2 heterocycles. The third-order valence-corrected chi connectivity index (χ3v) is 6.41. The van der Waals surface area contributed by atoms with Gasteiger partial charge in [0.15, 0.2) is 0 Å². The third-order valence-electron chi connectivity index (χ3n) is 6.41. The first kappa shape index (κ1) is 17.7. The Bertz CT molecular complexity index is 909. The highest BCUT2D eigenvalue weighted by molar-refractivity contribution is 5.95. The first-order chi connectivity index (χ1) is 13.4. The number of benzene rings is 1. The van der Waals surface area contributed by atoms with Gasteiger partial charge < -0.3 is 14.2 Å². The van der Waals surface area contributed by atoms with Crippen molar-refractivity contribution < 1.29 is 27.2 Å². The fourth-order valence-corrected chi connectivity index (χ4v) is 5.34. The Morgan fingerprint density at radius 1 is 1.21 bits per heavy atom. The number of hydrogen-bond donors (Lipinski definition) is 0. The Hall–Kier alpha value is -2.42. The molecule has 1 aromatic carbocycles. The summed E-state index contributed by atoms with van der Waals surface area (Å²) in [6, 6.07) is 6.38. The van der Waals surface area contributed by atoms with Crippen molar-refractivity contribution in [2.75, 3.05) is 13.7 Å². The number of ether oxygens (including phenoxy) is 1. The van der Waals surface area contributed by atoms with Gasteiger partial charge in [-0.15, -0.1) is 0 Å². The Morgan fingerprint density at radius 2 is 1.96 bits per heavy atom. The molecule has 5 rings (SSSR count). The van der Waals surface area contributed by atoms with Crippen molar-refractivity contribution in [3.05, 3.63) is 35.7 Å². The summed E-state index contributed by atoms with van der Waals surface area (Å²) in [4.78, 5) is 18.4. The van der Waals surface area contributed by atoms with E-state index in [1.807, 2.05) is 4.90 Å². The summed E-state index contributed by atoms with van der Waals surface area (Å²) in [5.74, 6) is -0.0350. The van der Waals surface area contributed by atoms with Crippen LogP contribution in [0.25, 0.3) is 11.4 Å². The van der Waals surface area contributed by atoms with Crippen LogP contribution in [0.3, 0.4) is 0 Å². The lowest BCUT2D eigenvalue weighted by molar-refractivity contribution is -0.159. The van der Waals surface area contributed by atoms with Crippen molar-refractivity contribution in [2.24, 2.45) is 17.8 Å². The van der Waals surface area contributed by atoms with Gasteiger partial charge in [-0.3, -0.25) is 4.79 Å². The van der Waals surface area contributed by atoms with Crippen molar-refractivity contribution in [3.8, 4) is 11.4 Å². The number of alkyl halides is 3. The molecule has 148 valence electrons. The molecule has 0 radical (unpaired) electrons. The van der Waals surface area contributed by atoms with Crippen LogP contribution < -0.4 is 0 Å². The smallest absolute Gasteiger partial charge is 0.379 e. The zero-order valence-electron chi connectivity index (χ0n) is 15.0. The molecular weight excluding hydrogens is 375 g/mol. The second-order valence-electron chi connectivity index (χ2n) is 7.80. The number of rotatable bonds is 3. The van der Waals surface area contributed by atoms with Gasteiger partial charge in [0.05, 0.1) is 12.1 Å². The number of halogens is 3. The largest absolute Gasteiger partial charge is 0.471 e. The van der Waals surface area contributed by atoms with Gasteiger partial charge >= 0.3 is 12.1 Å². The van der Waals surface area contributed by atoms with E-state index < -0.39 is 12.1 Å². The van der Waals surface area contributed by atoms with E-state index >= 15 is 0 Å². The summed E-state index contributed by atoms with van der Waals surface area (Å²) < 4.78 is 47.8. The van der Waals surface area contributed by atoms with Crippen molar-refractivity contribution in [3.63, 3.8) is 0 Å². The van der Waals surface area contributed by atoms with Gasteiger partial charge in [-0.05, 0) is 42.7 Å². The molecular formula is C19H18F3N3O3. The lowest BCUT2D eigenvalue weighted by atomic mass is 9.88. The summed E-state index contributed by atoms with van der Waals surface area (Å²) >= 11 is 0. The summed E-state index contributed by atoms with van der Waals surface area (Å²) in [6.45, 7) is 0.742. The van der Waals surface area contributed by atoms with Gasteiger partial charge in [-0.1, -0.05) is 17.3 Å². The minimum absolute atomic E-state index is 0.0715. The van der Waals surface area contributed by atoms with Crippen molar-refractivity contribution in [1.29, 1.82) is 0 Å². The molecule has 3 fully saturated rings. The topological polar surface area (TPSA) is 68.5 Å². The van der Waals surface area contributed by atoms with Crippen molar-refractivity contribution in [1.82, 2.24) is 15.0 Å². The maximum Gasteiger partial charge on any atom is 0.471 e. The van der Waals surface area contributed by atoms with Crippen LogP contribution in [0.1, 0.15) is 29.1 Å². The van der Waals surface area contributed by atoms with Crippen LogP contribution in [0.4, 0.5) is 13.2 Å². The molecule has 1 aliphatic heterocycles. The fourth-order valence-electron chi connectivity index (χ4n) is 5.34. The molecule has 2 bridgehead atoms. The maximum atomic E-state index is 13.1. The number of methoxy groups -OCH3 is 1. The number of hydrogen-bond acceptors (Lipinski definition) is 5. The number of nitrogens with zero attached hydrogens (tertiary/aromatic N) is 3. The molecule has 2 aromatic rings. The normalized spacial score (nSPS) is 31.0. The van der Waals surface area contributed by atoms with E-state index in [2.05, 4.69) is 14.7 Å². The monoisotopic (exact) mass is 393 g/mol. The average Bonchev–Trinajstić information content (AvgIpc) is 3.40. The Labute approximate surface area is 158 Å². The van der Waals surface area contributed by atoms with Crippen LogP contribution in [0.15, 0.2) is 28.8 Å². The standard InChI is InChI=1S/C19H18F3N3O3/c1-27-15-11-6-12-8-25(14(15)13(12)7-11)17(26)10-4-2-9(3-5-10)16-23-18(28-24-16)19(20,21)22/h2-5,11-15H,6-8H2,1H3. The SMILES string of the molecule is COC1C2CC3CN(C(=O)c4ccc(-c5noc(C(F)(F)F)n5)cc4)C1C3C2. The molecule has 0 spiro atoms. The number of carbonyl (C=O) groups excluding carboxylic acids is 1. The first-order valence-corrected chi connectivity index (χ1v) is 9.22. The summed E-state index contributed by atoms with van der Waals surface area (Å²) in [5.41, 5.74) is 0.843. The number of carbonyl (C=O) groups is 1. The van der Waals surface area contributed by atoms with Gasteiger partial charge in [0.25, 0.3) is 5.91 Å². The minimum atomic E-state index is -4.69. The third kappa shape index (κ3) is 2.56. The summed E-state index contributed by atoms with van der Waals surface area (Å²) in [6.07, 6.45) is -2.36. The number of fused-ring (bicyclic) bond motifs is 1.